The predicted molar refractivity (Wildman–Crippen MR) is 106 cm³/mol. The molecule has 1 aromatic heterocycles. The molecule has 8 nitrogen and oxygen atoms in total. The molecule has 1 aliphatic carbocycles. The smallest absolute Gasteiger partial charge is 0.254 e. The Morgan fingerprint density at radius 1 is 1.24 bits per heavy atom. The summed E-state index contributed by atoms with van der Waals surface area (Å²) >= 11 is 0. The molecule has 1 saturated heterocycles. The molecule has 1 aliphatic heterocycles. The lowest BCUT2D eigenvalue weighted by molar-refractivity contribution is -0.137. The molecule has 8 heteroatoms. The van der Waals surface area contributed by atoms with E-state index in [0.29, 0.717) is 36.9 Å². The Hall–Kier alpha value is -3.21. The predicted octanol–water partition coefficient (Wildman–Crippen LogP) is 1.03. The number of amides is 2. The van der Waals surface area contributed by atoms with Crippen LogP contribution in [0.5, 0.6) is 0 Å². The normalized spacial score (nSPS) is 19.1. The summed E-state index contributed by atoms with van der Waals surface area (Å²) in [6.45, 7) is 5.40. The van der Waals surface area contributed by atoms with Crippen molar-refractivity contribution in [3.8, 4) is 12.3 Å². The minimum atomic E-state index is -0.000970. The van der Waals surface area contributed by atoms with Gasteiger partial charge in [-0.1, -0.05) is 5.92 Å². The third kappa shape index (κ3) is 3.86. The molecule has 0 radical (unpaired) electrons. The van der Waals surface area contributed by atoms with E-state index in [1.165, 1.54) is 4.68 Å². The molecule has 0 spiro atoms. The first-order chi connectivity index (χ1) is 14.0. The zero-order valence-electron chi connectivity index (χ0n) is 16.7. The third-order valence-corrected chi connectivity index (χ3v) is 5.81. The molecule has 2 fully saturated rings. The maximum atomic E-state index is 13.1. The lowest BCUT2D eigenvalue weighted by Gasteiger charge is -2.42. The van der Waals surface area contributed by atoms with Gasteiger partial charge in [0, 0.05) is 30.8 Å². The van der Waals surface area contributed by atoms with Crippen LogP contribution in [-0.2, 0) is 11.3 Å². The van der Waals surface area contributed by atoms with Gasteiger partial charge in [0.2, 0.25) is 5.91 Å². The molecule has 4 rings (SSSR count). The number of carbonyl (C=O) groups excluding carboxylic acids is 2. The summed E-state index contributed by atoms with van der Waals surface area (Å²) in [5, 5.41) is 11.3. The van der Waals surface area contributed by atoms with Gasteiger partial charge in [-0.15, -0.1) is 11.5 Å². The molecule has 1 atom stereocenters. The standard InChI is InChI=1S/C21H24N6O2/c1-4-16-5-8-18(14(2)11-16)21(29)25-9-10-26(19(12-25)17-6-7-17)20(28)13-27-15(3)22-23-24-27/h1,5,8,11,17,19H,6-7,9-10,12-13H2,2-3H3. The van der Waals surface area contributed by atoms with Crippen molar-refractivity contribution < 1.29 is 9.59 Å². The van der Waals surface area contributed by atoms with Crippen molar-refractivity contribution in [1.29, 1.82) is 0 Å². The molecule has 150 valence electrons. The molecule has 0 N–H and O–H groups in total. The van der Waals surface area contributed by atoms with E-state index < -0.39 is 0 Å². The Morgan fingerprint density at radius 2 is 2.03 bits per heavy atom. The lowest BCUT2D eigenvalue weighted by Crippen LogP contribution is -2.58. The van der Waals surface area contributed by atoms with Crippen LogP contribution >= 0.6 is 0 Å². The number of hydrogen-bond donors (Lipinski definition) is 0. The zero-order chi connectivity index (χ0) is 20.5. The Bertz CT molecular complexity index is 987. The molecule has 2 aliphatic rings. The number of carbonyl (C=O) groups is 2. The van der Waals surface area contributed by atoms with Crippen LogP contribution in [0.3, 0.4) is 0 Å². The van der Waals surface area contributed by atoms with Crippen molar-refractivity contribution in [3.63, 3.8) is 0 Å². The second-order valence-electron chi connectivity index (χ2n) is 7.80. The van der Waals surface area contributed by atoms with E-state index in [1.807, 2.05) is 22.8 Å². The fourth-order valence-corrected chi connectivity index (χ4v) is 3.97. The van der Waals surface area contributed by atoms with Gasteiger partial charge in [-0.25, -0.2) is 4.68 Å². The highest BCUT2D eigenvalue weighted by atomic mass is 16.2. The number of tetrazole rings is 1. The third-order valence-electron chi connectivity index (χ3n) is 5.81. The van der Waals surface area contributed by atoms with Crippen molar-refractivity contribution in [2.24, 2.45) is 5.92 Å². The Balaban J connectivity index is 1.48. The molecule has 1 unspecified atom stereocenters. The molecule has 2 heterocycles. The first kappa shape index (κ1) is 19.1. The second-order valence-corrected chi connectivity index (χ2v) is 7.80. The van der Waals surface area contributed by atoms with E-state index in [-0.39, 0.29) is 24.4 Å². The Morgan fingerprint density at radius 3 is 2.66 bits per heavy atom. The number of nitrogens with zero attached hydrogens (tertiary/aromatic N) is 6. The van der Waals surface area contributed by atoms with Gasteiger partial charge in [-0.05, 0) is 66.8 Å². The molecule has 1 saturated carbocycles. The van der Waals surface area contributed by atoms with Gasteiger partial charge in [0.05, 0.1) is 6.04 Å². The van der Waals surface area contributed by atoms with Crippen LogP contribution in [0.15, 0.2) is 18.2 Å². The zero-order valence-corrected chi connectivity index (χ0v) is 16.7. The minimum absolute atomic E-state index is 0.000131. The largest absolute Gasteiger partial charge is 0.335 e. The van der Waals surface area contributed by atoms with Crippen LogP contribution < -0.4 is 0 Å². The molecular formula is C21H24N6O2. The Kier molecular flexibility index (Phi) is 5.05. The number of aromatic nitrogens is 4. The van der Waals surface area contributed by atoms with Crippen molar-refractivity contribution in [3.05, 3.63) is 40.7 Å². The topological polar surface area (TPSA) is 84.2 Å². The van der Waals surface area contributed by atoms with Crippen LogP contribution in [0.4, 0.5) is 0 Å². The van der Waals surface area contributed by atoms with Gasteiger partial charge in [0.25, 0.3) is 5.91 Å². The summed E-state index contributed by atoms with van der Waals surface area (Å²) in [4.78, 5) is 29.8. The SMILES string of the molecule is C#Cc1ccc(C(=O)N2CCN(C(=O)Cn3nnnc3C)C(C3CC3)C2)c(C)c1. The molecular weight excluding hydrogens is 368 g/mol. The highest BCUT2D eigenvalue weighted by molar-refractivity contribution is 5.96. The summed E-state index contributed by atoms with van der Waals surface area (Å²) in [6.07, 6.45) is 7.64. The minimum Gasteiger partial charge on any atom is -0.335 e. The lowest BCUT2D eigenvalue weighted by atomic mass is 10.0. The molecule has 2 amide bonds. The first-order valence-corrected chi connectivity index (χ1v) is 9.86. The number of rotatable bonds is 4. The van der Waals surface area contributed by atoms with Crippen molar-refractivity contribution in [2.45, 2.75) is 39.3 Å². The first-order valence-electron chi connectivity index (χ1n) is 9.86. The number of piperazine rings is 1. The van der Waals surface area contributed by atoms with Crippen molar-refractivity contribution in [1.82, 2.24) is 30.0 Å². The van der Waals surface area contributed by atoms with E-state index in [1.54, 1.807) is 19.1 Å². The number of benzene rings is 1. The number of aryl methyl sites for hydroxylation is 2. The van der Waals surface area contributed by atoms with E-state index in [9.17, 15) is 9.59 Å². The summed E-state index contributed by atoms with van der Waals surface area (Å²) in [5.41, 5.74) is 2.31. The molecule has 0 bridgehead atoms. The summed E-state index contributed by atoms with van der Waals surface area (Å²) in [6, 6.07) is 5.51. The van der Waals surface area contributed by atoms with Crippen LogP contribution in [0.2, 0.25) is 0 Å². The van der Waals surface area contributed by atoms with Crippen LogP contribution in [0, 0.1) is 32.1 Å². The van der Waals surface area contributed by atoms with Gasteiger partial charge in [-0.3, -0.25) is 9.59 Å². The fourth-order valence-electron chi connectivity index (χ4n) is 3.97. The fraction of sp³-hybridized carbons (Fsp3) is 0.476. The second kappa shape index (κ2) is 7.66. The summed E-state index contributed by atoms with van der Waals surface area (Å²) in [7, 11) is 0. The Labute approximate surface area is 169 Å². The maximum Gasteiger partial charge on any atom is 0.254 e. The summed E-state index contributed by atoms with van der Waals surface area (Å²) < 4.78 is 1.51. The monoisotopic (exact) mass is 392 g/mol. The van der Waals surface area contributed by atoms with Gasteiger partial charge >= 0.3 is 0 Å². The van der Waals surface area contributed by atoms with E-state index >= 15 is 0 Å². The van der Waals surface area contributed by atoms with Crippen LogP contribution in [0.25, 0.3) is 0 Å². The highest BCUT2D eigenvalue weighted by Gasteiger charge is 2.42. The van der Waals surface area contributed by atoms with Crippen molar-refractivity contribution in [2.75, 3.05) is 19.6 Å². The quantitative estimate of drug-likeness (QED) is 0.726. The average molecular weight is 392 g/mol. The van der Waals surface area contributed by atoms with Crippen LogP contribution in [0.1, 0.15) is 40.2 Å². The molecule has 1 aromatic carbocycles. The maximum absolute atomic E-state index is 13.1. The van der Waals surface area contributed by atoms with Gasteiger partial charge in [0.15, 0.2) is 0 Å². The van der Waals surface area contributed by atoms with E-state index in [4.69, 9.17) is 6.42 Å². The van der Waals surface area contributed by atoms with Gasteiger partial charge in [0.1, 0.15) is 12.4 Å². The van der Waals surface area contributed by atoms with Crippen LogP contribution in [-0.4, -0.2) is 67.5 Å². The summed E-state index contributed by atoms with van der Waals surface area (Å²) in [5.74, 6) is 3.66. The van der Waals surface area contributed by atoms with E-state index in [2.05, 4.69) is 21.4 Å². The van der Waals surface area contributed by atoms with Gasteiger partial charge in [-0.2, -0.15) is 0 Å². The van der Waals surface area contributed by atoms with E-state index in [0.717, 1.165) is 24.0 Å². The molecule has 2 aromatic rings. The molecule has 29 heavy (non-hydrogen) atoms. The van der Waals surface area contributed by atoms with Crippen molar-refractivity contribution >= 4 is 11.8 Å². The van der Waals surface area contributed by atoms with Gasteiger partial charge < -0.3 is 9.80 Å². The highest BCUT2D eigenvalue weighted by Crippen LogP contribution is 2.37. The number of hydrogen-bond acceptors (Lipinski definition) is 5. The number of terminal acetylenes is 1. The average Bonchev–Trinajstić information content (AvgIpc) is 3.50.